The van der Waals surface area contributed by atoms with Crippen LogP contribution in [-0.4, -0.2) is 21.5 Å². The van der Waals surface area contributed by atoms with Crippen LogP contribution in [0.3, 0.4) is 0 Å². The summed E-state index contributed by atoms with van der Waals surface area (Å²) >= 11 is 2.13. The summed E-state index contributed by atoms with van der Waals surface area (Å²) in [6, 6.07) is 0.262. The molecule has 6 heteroatoms. The van der Waals surface area contributed by atoms with Gasteiger partial charge >= 0.3 is 6.09 Å². The van der Waals surface area contributed by atoms with E-state index in [4.69, 9.17) is 4.74 Å². The van der Waals surface area contributed by atoms with Crippen molar-refractivity contribution in [2.24, 2.45) is 0 Å². The molecule has 0 saturated heterocycles. The third-order valence-electron chi connectivity index (χ3n) is 1.84. The van der Waals surface area contributed by atoms with Crippen molar-refractivity contribution >= 4 is 34.5 Å². The molecule has 0 aliphatic carbocycles. The third kappa shape index (κ3) is 4.53. The fourth-order valence-corrected chi connectivity index (χ4v) is 1.65. The van der Waals surface area contributed by atoms with Crippen molar-refractivity contribution in [2.75, 3.05) is 5.32 Å². The van der Waals surface area contributed by atoms with Crippen LogP contribution in [0.4, 0.5) is 10.6 Å². The summed E-state index contributed by atoms with van der Waals surface area (Å²) in [4.78, 5) is 11.6. The fourth-order valence-electron chi connectivity index (χ4n) is 1.12. The molecule has 0 aromatic carbocycles. The van der Waals surface area contributed by atoms with E-state index in [2.05, 4.69) is 33.0 Å². The van der Waals surface area contributed by atoms with E-state index in [1.807, 2.05) is 40.8 Å². The zero-order chi connectivity index (χ0) is 13.2. The SMILES string of the molecule is CC(C)n1cc(I)c(NC(=O)OC(C)(C)C)n1. The van der Waals surface area contributed by atoms with Crippen molar-refractivity contribution in [1.29, 1.82) is 0 Å². The number of carbonyl (C=O) groups excluding carboxylic acids is 1. The van der Waals surface area contributed by atoms with Crippen LogP contribution in [0.5, 0.6) is 0 Å². The smallest absolute Gasteiger partial charge is 0.413 e. The molecule has 1 N–H and O–H groups in total. The van der Waals surface area contributed by atoms with Crippen molar-refractivity contribution in [3.63, 3.8) is 0 Å². The van der Waals surface area contributed by atoms with E-state index < -0.39 is 11.7 Å². The quantitative estimate of drug-likeness (QED) is 0.831. The van der Waals surface area contributed by atoms with Crippen LogP contribution in [0.2, 0.25) is 0 Å². The average molecular weight is 351 g/mol. The van der Waals surface area contributed by atoms with Gasteiger partial charge in [0, 0.05) is 12.2 Å². The summed E-state index contributed by atoms with van der Waals surface area (Å²) < 4.78 is 7.85. The Hall–Kier alpha value is -0.790. The molecule has 96 valence electrons. The van der Waals surface area contributed by atoms with E-state index in [1.165, 1.54) is 0 Å². The molecule has 5 nitrogen and oxygen atoms in total. The minimum Gasteiger partial charge on any atom is -0.444 e. The molecule has 0 fully saturated rings. The molecule has 0 bridgehead atoms. The molecule has 0 atom stereocenters. The maximum absolute atomic E-state index is 11.6. The molecule has 1 amide bonds. The van der Waals surface area contributed by atoms with Crippen LogP contribution in [0.1, 0.15) is 40.7 Å². The lowest BCUT2D eigenvalue weighted by atomic mass is 10.2. The first-order chi connectivity index (χ1) is 7.69. The van der Waals surface area contributed by atoms with E-state index >= 15 is 0 Å². The number of hydrogen-bond acceptors (Lipinski definition) is 3. The standard InChI is InChI=1S/C11H18IN3O2/c1-7(2)15-6-8(12)9(14-15)13-10(16)17-11(3,4)5/h6-7H,1-5H3,(H,13,14,16). The van der Waals surface area contributed by atoms with Gasteiger partial charge in [-0.3, -0.25) is 10.00 Å². The van der Waals surface area contributed by atoms with Crippen molar-refractivity contribution < 1.29 is 9.53 Å². The van der Waals surface area contributed by atoms with Crippen molar-refractivity contribution in [3.05, 3.63) is 9.77 Å². The molecule has 0 saturated carbocycles. The molecular formula is C11H18IN3O2. The van der Waals surface area contributed by atoms with Crippen molar-refractivity contribution in [1.82, 2.24) is 9.78 Å². The second-order valence-corrected chi connectivity index (χ2v) is 6.19. The highest BCUT2D eigenvalue weighted by molar-refractivity contribution is 14.1. The number of hydrogen-bond donors (Lipinski definition) is 1. The van der Waals surface area contributed by atoms with Crippen LogP contribution in [0, 0.1) is 3.57 Å². The molecule has 0 aliphatic rings. The average Bonchev–Trinajstić information content (AvgIpc) is 2.44. The highest BCUT2D eigenvalue weighted by atomic mass is 127. The van der Waals surface area contributed by atoms with E-state index in [1.54, 1.807) is 4.68 Å². The highest BCUT2D eigenvalue weighted by Crippen LogP contribution is 2.19. The van der Waals surface area contributed by atoms with Crippen LogP contribution < -0.4 is 5.32 Å². The predicted molar refractivity (Wildman–Crippen MR) is 75.2 cm³/mol. The number of halogens is 1. The Morgan fingerprint density at radius 2 is 2.12 bits per heavy atom. The second-order valence-electron chi connectivity index (χ2n) is 5.03. The molecule has 0 radical (unpaired) electrons. The minimum absolute atomic E-state index is 0.262. The summed E-state index contributed by atoms with van der Waals surface area (Å²) in [6.07, 6.45) is 1.40. The van der Waals surface area contributed by atoms with Gasteiger partial charge < -0.3 is 4.74 Å². The van der Waals surface area contributed by atoms with Gasteiger partial charge in [-0.25, -0.2) is 4.79 Å². The van der Waals surface area contributed by atoms with Gasteiger partial charge in [-0.05, 0) is 57.2 Å². The van der Waals surface area contributed by atoms with Crippen molar-refractivity contribution in [2.45, 2.75) is 46.3 Å². The van der Waals surface area contributed by atoms with Gasteiger partial charge in [-0.2, -0.15) is 5.10 Å². The Bertz CT molecular complexity index is 407. The maximum Gasteiger partial charge on any atom is 0.413 e. The lowest BCUT2D eigenvalue weighted by Crippen LogP contribution is -2.27. The summed E-state index contributed by atoms with van der Waals surface area (Å²) in [5, 5.41) is 6.92. The summed E-state index contributed by atoms with van der Waals surface area (Å²) in [7, 11) is 0. The first-order valence-electron chi connectivity index (χ1n) is 5.43. The van der Waals surface area contributed by atoms with E-state index in [0.717, 1.165) is 3.57 Å². The number of anilines is 1. The Morgan fingerprint density at radius 1 is 1.53 bits per heavy atom. The molecule has 17 heavy (non-hydrogen) atoms. The lowest BCUT2D eigenvalue weighted by Gasteiger charge is -2.19. The lowest BCUT2D eigenvalue weighted by molar-refractivity contribution is 0.0635. The monoisotopic (exact) mass is 351 g/mol. The van der Waals surface area contributed by atoms with E-state index in [9.17, 15) is 4.79 Å². The van der Waals surface area contributed by atoms with Gasteiger partial charge in [0.2, 0.25) is 0 Å². The number of amides is 1. The first kappa shape index (κ1) is 14.3. The van der Waals surface area contributed by atoms with E-state index in [-0.39, 0.29) is 6.04 Å². The second kappa shape index (κ2) is 5.24. The number of nitrogens with zero attached hydrogens (tertiary/aromatic N) is 2. The Morgan fingerprint density at radius 3 is 2.53 bits per heavy atom. The fraction of sp³-hybridized carbons (Fsp3) is 0.636. The molecule has 1 aromatic rings. The van der Waals surface area contributed by atoms with Gasteiger partial charge in [0.05, 0.1) is 3.57 Å². The zero-order valence-corrected chi connectivity index (χ0v) is 12.9. The molecule has 0 unspecified atom stereocenters. The number of rotatable bonds is 2. The minimum atomic E-state index is -0.504. The Kier molecular flexibility index (Phi) is 4.40. The van der Waals surface area contributed by atoms with E-state index in [0.29, 0.717) is 5.82 Å². The first-order valence-corrected chi connectivity index (χ1v) is 6.51. The summed E-state index contributed by atoms with van der Waals surface area (Å²) in [5.41, 5.74) is -0.504. The highest BCUT2D eigenvalue weighted by Gasteiger charge is 2.18. The zero-order valence-electron chi connectivity index (χ0n) is 10.7. The molecule has 1 rings (SSSR count). The predicted octanol–water partition coefficient (Wildman–Crippen LogP) is 3.42. The molecule has 1 aromatic heterocycles. The van der Waals surface area contributed by atoms with Gasteiger partial charge in [0.25, 0.3) is 0 Å². The van der Waals surface area contributed by atoms with Crippen LogP contribution in [0.15, 0.2) is 6.20 Å². The molecule has 0 spiro atoms. The van der Waals surface area contributed by atoms with Crippen LogP contribution >= 0.6 is 22.6 Å². The van der Waals surface area contributed by atoms with Crippen LogP contribution in [0.25, 0.3) is 0 Å². The topological polar surface area (TPSA) is 56.2 Å². The van der Waals surface area contributed by atoms with Gasteiger partial charge in [-0.1, -0.05) is 0 Å². The maximum atomic E-state index is 11.6. The van der Waals surface area contributed by atoms with Crippen LogP contribution in [-0.2, 0) is 4.74 Å². The number of nitrogens with one attached hydrogen (secondary N) is 1. The molecule has 0 aliphatic heterocycles. The number of aromatic nitrogens is 2. The van der Waals surface area contributed by atoms with Gasteiger partial charge in [0.1, 0.15) is 5.60 Å². The molecular weight excluding hydrogens is 333 g/mol. The van der Waals surface area contributed by atoms with Crippen molar-refractivity contribution in [3.8, 4) is 0 Å². The van der Waals surface area contributed by atoms with Gasteiger partial charge in [0.15, 0.2) is 5.82 Å². The summed E-state index contributed by atoms with van der Waals surface area (Å²) in [6.45, 7) is 9.53. The molecule has 1 heterocycles. The Balaban J connectivity index is 2.72. The Labute approximate surface area is 115 Å². The van der Waals surface area contributed by atoms with Gasteiger partial charge in [-0.15, -0.1) is 0 Å². The normalized spacial score (nSPS) is 11.7. The summed E-state index contributed by atoms with van der Waals surface area (Å²) in [5.74, 6) is 0.536. The third-order valence-corrected chi connectivity index (χ3v) is 2.63. The largest absolute Gasteiger partial charge is 0.444 e. The number of ether oxygens (including phenoxy) is 1. The number of carbonyl (C=O) groups is 1.